The molecule has 0 aliphatic rings. The van der Waals surface area contributed by atoms with Gasteiger partial charge in [-0.15, -0.1) is 0 Å². The number of aromatic carboxylic acids is 1. The van der Waals surface area contributed by atoms with Crippen molar-refractivity contribution in [2.24, 2.45) is 0 Å². The second kappa shape index (κ2) is 4.66. The third kappa shape index (κ3) is 2.26. The summed E-state index contributed by atoms with van der Waals surface area (Å²) in [5.74, 6) is -0.933. The van der Waals surface area contributed by atoms with Gasteiger partial charge in [-0.3, -0.25) is 0 Å². The normalized spacial score (nSPS) is 9.88. The van der Waals surface area contributed by atoms with Gasteiger partial charge in [0, 0.05) is 0 Å². The number of rotatable bonds is 3. The van der Waals surface area contributed by atoms with Crippen molar-refractivity contribution in [3.8, 4) is 0 Å². The number of carboxylic acid groups (broad SMARTS) is 1. The average Bonchev–Trinajstić information content (AvgIpc) is 2.39. The molecule has 84 valence electrons. The van der Waals surface area contributed by atoms with Crippen molar-refractivity contribution in [1.82, 2.24) is 0 Å². The van der Waals surface area contributed by atoms with Crippen LogP contribution in [-0.2, 0) is 0 Å². The molecule has 0 bridgehead atoms. The molecule has 0 saturated carbocycles. The predicted octanol–water partition coefficient (Wildman–Crippen LogP) is 3.45. The fourth-order valence-corrected chi connectivity index (χ4v) is 1.73. The first-order valence-corrected chi connectivity index (χ1v) is 5.27. The summed E-state index contributed by atoms with van der Waals surface area (Å²) in [5.41, 5.74) is 2.59. The Labute approximate surface area is 99.8 Å². The summed E-state index contributed by atoms with van der Waals surface area (Å²) in [5, 5.41) is 9.12. The summed E-state index contributed by atoms with van der Waals surface area (Å²) in [6.45, 7) is 3.97. The van der Waals surface area contributed by atoms with E-state index in [-0.39, 0.29) is 5.56 Å². The molecule has 0 saturated heterocycles. The molecule has 2 aromatic rings. The lowest BCUT2D eigenvalue weighted by Crippen LogP contribution is -2.01. The van der Waals surface area contributed by atoms with Crippen LogP contribution in [0.25, 0.3) is 5.57 Å². The van der Waals surface area contributed by atoms with E-state index in [1.807, 2.05) is 36.4 Å². The van der Waals surface area contributed by atoms with Gasteiger partial charge in [0.2, 0.25) is 0 Å². The summed E-state index contributed by atoms with van der Waals surface area (Å²) >= 11 is 0. The highest BCUT2D eigenvalue weighted by Crippen LogP contribution is 2.24. The van der Waals surface area contributed by atoms with Gasteiger partial charge in [-0.2, -0.15) is 0 Å². The summed E-state index contributed by atoms with van der Waals surface area (Å²) in [6.07, 6.45) is 0. The standard InChI is InChI=1S/C15H12O2/c1-11(12-7-3-2-4-8-12)13-9-5-6-10-14(13)15(16)17/h2-10H,1H2,(H,16,17). The molecule has 1 N–H and O–H groups in total. The Morgan fingerprint density at radius 2 is 1.41 bits per heavy atom. The molecule has 2 heteroatoms. The molecule has 0 unspecified atom stereocenters. The molecule has 0 amide bonds. The van der Waals surface area contributed by atoms with E-state index in [0.29, 0.717) is 5.56 Å². The first-order valence-electron chi connectivity index (χ1n) is 5.27. The Bertz CT molecular complexity index is 556. The van der Waals surface area contributed by atoms with Crippen LogP contribution < -0.4 is 0 Å². The molecular formula is C15H12O2. The lowest BCUT2D eigenvalue weighted by Gasteiger charge is -2.09. The summed E-state index contributed by atoms with van der Waals surface area (Å²) in [4.78, 5) is 11.1. The fraction of sp³-hybridized carbons (Fsp3) is 0. The molecule has 0 spiro atoms. The third-order valence-corrected chi connectivity index (χ3v) is 2.60. The third-order valence-electron chi connectivity index (χ3n) is 2.60. The minimum absolute atomic E-state index is 0.279. The molecule has 0 radical (unpaired) electrons. The molecule has 17 heavy (non-hydrogen) atoms. The average molecular weight is 224 g/mol. The molecule has 0 aromatic heterocycles. The molecule has 0 heterocycles. The zero-order valence-electron chi connectivity index (χ0n) is 9.26. The highest BCUT2D eigenvalue weighted by atomic mass is 16.4. The van der Waals surface area contributed by atoms with E-state index >= 15 is 0 Å². The van der Waals surface area contributed by atoms with E-state index in [2.05, 4.69) is 6.58 Å². The van der Waals surface area contributed by atoms with Crippen molar-refractivity contribution in [3.05, 3.63) is 77.9 Å². The Morgan fingerprint density at radius 3 is 2.00 bits per heavy atom. The van der Waals surface area contributed by atoms with Crippen molar-refractivity contribution < 1.29 is 9.90 Å². The number of carboxylic acids is 1. The van der Waals surface area contributed by atoms with Crippen LogP contribution in [-0.4, -0.2) is 11.1 Å². The zero-order chi connectivity index (χ0) is 12.3. The summed E-state index contributed by atoms with van der Waals surface area (Å²) in [7, 11) is 0. The largest absolute Gasteiger partial charge is 0.478 e. The van der Waals surface area contributed by atoms with Crippen LogP contribution in [0.1, 0.15) is 21.5 Å². The smallest absolute Gasteiger partial charge is 0.336 e. The molecule has 0 aliphatic carbocycles. The summed E-state index contributed by atoms with van der Waals surface area (Å²) in [6, 6.07) is 16.5. The molecular weight excluding hydrogens is 212 g/mol. The molecule has 0 atom stereocenters. The number of benzene rings is 2. The summed E-state index contributed by atoms with van der Waals surface area (Å²) < 4.78 is 0. The van der Waals surface area contributed by atoms with Gasteiger partial charge in [-0.05, 0) is 22.8 Å². The van der Waals surface area contributed by atoms with Gasteiger partial charge in [-0.1, -0.05) is 55.1 Å². The van der Waals surface area contributed by atoms with Crippen LogP contribution in [0, 0.1) is 0 Å². The van der Waals surface area contributed by atoms with Crippen molar-refractivity contribution in [1.29, 1.82) is 0 Å². The maximum Gasteiger partial charge on any atom is 0.336 e. The van der Waals surface area contributed by atoms with E-state index in [9.17, 15) is 4.79 Å². The van der Waals surface area contributed by atoms with Gasteiger partial charge in [0.1, 0.15) is 0 Å². The molecule has 2 rings (SSSR count). The minimum Gasteiger partial charge on any atom is -0.478 e. The first-order chi connectivity index (χ1) is 8.20. The quantitative estimate of drug-likeness (QED) is 0.867. The van der Waals surface area contributed by atoms with Crippen LogP contribution in [0.5, 0.6) is 0 Å². The van der Waals surface area contributed by atoms with Gasteiger partial charge in [0.05, 0.1) is 5.56 Å². The maximum atomic E-state index is 11.1. The number of carbonyl (C=O) groups is 1. The van der Waals surface area contributed by atoms with E-state index < -0.39 is 5.97 Å². The molecule has 0 fully saturated rings. The second-order valence-electron chi connectivity index (χ2n) is 3.70. The van der Waals surface area contributed by atoms with Gasteiger partial charge >= 0.3 is 5.97 Å². The van der Waals surface area contributed by atoms with Crippen molar-refractivity contribution >= 4 is 11.5 Å². The van der Waals surface area contributed by atoms with Gasteiger partial charge in [0.25, 0.3) is 0 Å². The van der Waals surface area contributed by atoms with Crippen molar-refractivity contribution in [2.75, 3.05) is 0 Å². The number of hydrogen-bond acceptors (Lipinski definition) is 1. The van der Waals surface area contributed by atoms with Gasteiger partial charge in [-0.25, -0.2) is 4.79 Å². The number of hydrogen-bond donors (Lipinski definition) is 1. The lowest BCUT2D eigenvalue weighted by atomic mass is 9.95. The Kier molecular flexibility index (Phi) is 3.06. The zero-order valence-corrected chi connectivity index (χ0v) is 9.26. The molecule has 0 aliphatic heterocycles. The fourth-order valence-electron chi connectivity index (χ4n) is 1.73. The van der Waals surface area contributed by atoms with Gasteiger partial charge < -0.3 is 5.11 Å². The van der Waals surface area contributed by atoms with Crippen LogP contribution in [0.3, 0.4) is 0 Å². The topological polar surface area (TPSA) is 37.3 Å². The van der Waals surface area contributed by atoms with E-state index in [4.69, 9.17) is 5.11 Å². The van der Waals surface area contributed by atoms with E-state index in [1.165, 1.54) is 0 Å². The highest BCUT2D eigenvalue weighted by molar-refractivity contribution is 5.96. The first kappa shape index (κ1) is 11.1. The van der Waals surface area contributed by atoms with Crippen molar-refractivity contribution in [3.63, 3.8) is 0 Å². The molecule has 2 nitrogen and oxygen atoms in total. The Morgan fingerprint density at radius 1 is 0.882 bits per heavy atom. The van der Waals surface area contributed by atoms with Crippen LogP contribution >= 0.6 is 0 Å². The minimum atomic E-state index is -0.933. The van der Waals surface area contributed by atoms with E-state index in [1.54, 1.807) is 18.2 Å². The highest BCUT2D eigenvalue weighted by Gasteiger charge is 2.12. The Balaban J connectivity index is 2.48. The lowest BCUT2D eigenvalue weighted by molar-refractivity contribution is 0.0696. The predicted molar refractivity (Wildman–Crippen MR) is 68.0 cm³/mol. The SMILES string of the molecule is C=C(c1ccccc1)c1ccccc1C(=O)O. The van der Waals surface area contributed by atoms with Crippen LogP contribution in [0.2, 0.25) is 0 Å². The Hall–Kier alpha value is -2.35. The van der Waals surface area contributed by atoms with E-state index in [0.717, 1.165) is 11.1 Å². The molecule has 2 aromatic carbocycles. The second-order valence-corrected chi connectivity index (χ2v) is 3.70. The van der Waals surface area contributed by atoms with Crippen molar-refractivity contribution in [2.45, 2.75) is 0 Å². The van der Waals surface area contributed by atoms with Gasteiger partial charge in [0.15, 0.2) is 0 Å². The maximum absolute atomic E-state index is 11.1. The van der Waals surface area contributed by atoms with Crippen LogP contribution in [0.15, 0.2) is 61.2 Å². The van der Waals surface area contributed by atoms with Crippen LogP contribution in [0.4, 0.5) is 0 Å². The monoisotopic (exact) mass is 224 g/mol.